The van der Waals surface area contributed by atoms with Gasteiger partial charge in [-0.1, -0.05) is 11.6 Å². The maximum Gasteiger partial charge on any atom is 0.226 e. The first kappa shape index (κ1) is 14.0. The summed E-state index contributed by atoms with van der Waals surface area (Å²) in [7, 11) is 2.18. The van der Waals surface area contributed by atoms with Gasteiger partial charge in [-0.05, 0) is 20.0 Å². The quantitative estimate of drug-likeness (QED) is 0.707. The lowest BCUT2D eigenvalue weighted by Crippen LogP contribution is -2.62. The zero-order chi connectivity index (χ0) is 13.9. The van der Waals surface area contributed by atoms with Crippen molar-refractivity contribution in [1.29, 1.82) is 0 Å². The van der Waals surface area contributed by atoms with Crippen LogP contribution < -0.4 is 5.32 Å². The molecule has 2 fully saturated rings. The van der Waals surface area contributed by atoms with Gasteiger partial charge in [-0.3, -0.25) is 9.69 Å². The third-order valence-corrected chi connectivity index (χ3v) is 4.78. The fourth-order valence-electron chi connectivity index (χ4n) is 3.47. The number of nitrogens with one attached hydrogen (secondary N) is 1. The molecule has 3 aliphatic rings. The van der Waals surface area contributed by atoms with E-state index in [1.54, 1.807) is 0 Å². The molecule has 0 unspecified atom stereocenters. The minimum atomic E-state index is 0.325. The van der Waals surface area contributed by atoms with Crippen LogP contribution >= 0.6 is 0 Å². The van der Waals surface area contributed by atoms with Gasteiger partial charge in [0.25, 0.3) is 0 Å². The van der Waals surface area contributed by atoms with Crippen molar-refractivity contribution in [3.05, 3.63) is 11.6 Å². The second-order valence-electron chi connectivity index (χ2n) is 6.29. The number of piperazine rings is 2. The number of nitrogens with zero attached hydrogens (tertiary/aromatic N) is 3. The molecule has 1 amide bonds. The smallest absolute Gasteiger partial charge is 0.226 e. The molecule has 5 nitrogen and oxygen atoms in total. The molecule has 5 heteroatoms. The molecular formula is C15H26N4O. The number of carbonyl (C=O) groups is 1. The number of amides is 1. The highest BCUT2D eigenvalue weighted by Crippen LogP contribution is 2.17. The molecular weight excluding hydrogens is 252 g/mol. The van der Waals surface area contributed by atoms with Crippen LogP contribution in [-0.2, 0) is 4.79 Å². The van der Waals surface area contributed by atoms with E-state index in [-0.39, 0.29) is 0 Å². The average Bonchev–Trinajstić information content (AvgIpc) is 2.47. The van der Waals surface area contributed by atoms with Crippen LogP contribution in [0, 0.1) is 0 Å². The highest BCUT2D eigenvalue weighted by atomic mass is 16.2. The molecule has 3 aliphatic heterocycles. The minimum absolute atomic E-state index is 0.325. The summed E-state index contributed by atoms with van der Waals surface area (Å²) in [6.07, 6.45) is 3.84. The highest BCUT2D eigenvalue weighted by molar-refractivity contribution is 5.79. The van der Waals surface area contributed by atoms with Gasteiger partial charge in [0, 0.05) is 58.3 Å². The number of fused-ring (bicyclic) bond motifs is 1. The zero-order valence-corrected chi connectivity index (χ0v) is 12.5. The lowest BCUT2D eigenvalue weighted by molar-refractivity contribution is -0.134. The third-order valence-electron chi connectivity index (χ3n) is 4.78. The van der Waals surface area contributed by atoms with Crippen LogP contribution in [0.25, 0.3) is 0 Å². The van der Waals surface area contributed by atoms with E-state index in [0.29, 0.717) is 18.4 Å². The monoisotopic (exact) mass is 278 g/mol. The standard InChI is InChI=1S/C15H26N4O/c1-17-6-7-18-8-9-19(12-14(18)11-17)15(20)10-13-2-4-16-5-3-13/h2,14,16H,3-12H2,1H3/t14-/m0/s1. The van der Waals surface area contributed by atoms with E-state index < -0.39 is 0 Å². The first-order chi connectivity index (χ1) is 9.72. The molecule has 0 bridgehead atoms. The Kier molecular flexibility index (Phi) is 4.38. The zero-order valence-electron chi connectivity index (χ0n) is 12.5. The summed E-state index contributed by atoms with van der Waals surface area (Å²) in [6.45, 7) is 8.20. The van der Waals surface area contributed by atoms with Crippen molar-refractivity contribution >= 4 is 5.91 Å². The van der Waals surface area contributed by atoms with E-state index in [1.807, 2.05) is 0 Å². The molecule has 0 radical (unpaired) electrons. The molecule has 1 N–H and O–H groups in total. The Bertz CT molecular complexity index is 395. The van der Waals surface area contributed by atoms with Gasteiger partial charge in [0.05, 0.1) is 0 Å². The average molecular weight is 278 g/mol. The predicted molar refractivity (Wildman–Crippen MR) is 79.6 cm³/mol. The molecule has 112 valence electrons. The van der Waals surface area contributed by atoms with Crippen molar-refractivity contribution in [2.75, 3.05) is 59.4 Å². The predicted octanol–water partition coefficient (Wildman–Crippen LogP) is -0.246. The van der Waals surface area contributed by atoms with Gasteiger partial charge < -0.3 is 15.1 Å². The van der Waals surface area contributed by atoms with E-state index in [2.05, 4.69) is 33.1 Å². The molecule has 0 aliphatic carbocycles. The van der Waals surface area contributed by atoms with Crippen LogP contribution in [0.3, 0.4) is 0 Å². The summed E-state index contributed by atoms with van der Waals surface area (Å²) in [6, 6.07) is 0.536. The third kappa shape index (κ3) is 3.22. The summed E-state index contributed by atoms with van der Waals surface area (Å²) < 4.78 is 0. The van der Waals surface area contributed by atoms with Gasteiger partial charge in [-0.25, -0.2) is 0 Å². The molecule has 0 aromatic rings. The van der Waals surface area contributed by atoms with Gasteiger partial charge in [0.15, 0.2) is 0 Å². The van der Waals surface area contributed by atoms with E-state index in [1.165, 1.54) is 5.57 Å². The van der Waals surface area contributed by atoms with E-state index in [4.69, 9.17) is 0 Å². The fourth-order valence-corrected chi connectivity index (χ4v) is 3.47. The summed E-state index contributed by atoms with van der Waals surface area (Å²) in [5.74, 6) is 0.325. The maximum absolute atomic E-state index is 12.5. The summed E-state index contributed by atoms with van der Waals surface area (Å²) in [4.78, 5) is 19.5. The number of hydrogen-bond donors (Lipinski definition) is 1. The maximum atomic E-state index is 12.5. The lowest BCUT2D eigenvalue weighted by atomic mass is 10.0. The second-order valence-corrected chi connectivity index (χ2v) is 6.29. The number of rotatable bonds is 2. The molecule has 0 aromatic heterocycles. The molecule has 1 atom stereocenters. The fraction of sp³-hybridized carbons (Fsp3) is 0.800. The lowest BCUT2D eigenvalue weighted by Gasteiger charge is -2.46. The van der Waals surface area contributed by atoms with Gasteiger partial charge in [-0.2, -0.15) is 0 Å². The molecule has 3 rings (SSSR count). The molecule has 0 spiro atoms. The molecule has 3 heterocycles. The van der Waals surface area contributed by atoms with Crippen LogP contribution in [0.4, 0.5) is 0 Å². The normalized spacial score (nSPS) is 28.9. The van der Waals surface area contributed by atoms with E-state index >= 15 is 0 Å². The minimum Gasteiger partial charge on any atom is -0.340 e. The Morgan fingerprint density at radius 3 is 2.95 bits per heavy atom. The number of carbonyl (C=O) groups excluding carboxylic acids is 1. The van der Waals surface area contributed by atoms with Crippen LogP contribution in [-0.4, -0.2) is 86.1 Å². The largest absolute Gasteiger partial charge is 0.340 e. The molecule has 0 saturated carbocycles. The van der Waals surface area contributed by atoms with Crippen molar-refractivity contribution < 1.29 is 4.79 Å². The molecule has 0 aromatic carbocycles. The number of likely N-dealkylation sites (N-methyl/N-ethyl adjacent to an activating group) is 1. The SMILES string of the molecule is CN1CCN2CCN(C(=O)CC3=CCNCC3)C[C@@H]2C1. The summed E-state index contributed by atoms with van der Waals surface area (Å²) in [5, 5.41) is 3.30. The van der Waals surface area contributed by atoms with Crippen molar-refractivity contribution in [2.45, 2.75) is 18.9 Å². The molecule has 20 heavy (non-hydrogen) atoms. The van der Waals surface area contributed by atoms with Gasteiger partial charge >= 0.3 is 0 Å². The number of hydrogen-bond acceptors (Lipinski definition) is 4. The Labute approximate surface area is 121 Å². The van der Waals surface area contributed by atoms with Crippen molar-refractivity contribution in [2.24, 2.45) is 0 Å². The second kappa shape index (κ2) is 6.24. The summed E-state index contributed by atoms with van der Waals surface area (Å²) in [5.41, 5.74) is 1.32. The van der Waals surface area contributed by atoms with Gasteiger partial charge in [-0.15, -0.1) is 0 Å². The van der Waals surface area contributed by atoms with Crippen molar-refractivity contribution in [3.63, 3.8) is 0 Å². The Morgan fingerprint density at radius 2 is 2.15 bits per heavy atom. The van der Waals surface area contributed by atoms with E-state index in [9.17, 15) is 4.79 Å². The van der Waals surface area contributed by atoms with Crippen molar-refractivity contribution in [1.82, 2.24) is 20.0 Å². The van der Waals surface area contributed by atoms with Crippen LogP contribution in [0.15, 0.2) is 11.6 Å². The van der Waals surface area contributed by atoms with E-state index in [0.717, 1.165) is 58.8 Å². The Morgan fingerprint density at radius 1 is 1.30 bits per heavy atom. The topological polar surface area (TPSA) is 38.8 Å². The Hall–Kier alpha value is -0.910. The highest BCUT2D eigenvalue weighted by Gasteiger charge is 2.32. The summed E-state index contributed by atoms with van der Waals surface area (Å²) >= 11 is 0. The van der Waals surface area contributed by atoms with Gasteiger partial charge in [0.1, 0.15) is 0 Å². The van der Waals surface area contributed by atoms with Crippen LogP contribution in [0.5, 0.6) is 0 Å². The Balaban J connectivity index is 1.55. The van der Waals surface area contributed by atoms with Crippen LogP contribution in [0.1, 0.15) is 12.8 Å². The molecule has 2 saturated heterocycles. The van der Waals surface area contributed by atoms with Crippen LogP contribution in [0.2, 0.25) is 0 Å². The first-order valence-corrected chi connectivity index (χ1v) is 7.81. The first-order valence-electron chi connectivity index (χ1n) is 7.81. The van der Waals surface area contributed by atoms with Gasteiger partial charge in [0.2, 0.25) is 5.91 Å². The van der Waals surface area contributed by atoms with Crippen molar-refractivity contribution in [3.8, 4) is 0 Å².